The molecule has 0 fully saturated rings. The van der Waals surface area contributed by atoms with Crippen LogP contribution in [0.5, 0.6) is 11.5 Å². The van der Waals surface area contributed by atoms with Crippen molar-refractivity contribution in [3.63, 3.8) is 0 Å². The van der Waals surface area contributed by atoms with Crippen LogP contribution in [-0.4, -0.2) is 30.3 Å². The molecule has 0 spiro atoms. The minimum Gasteiger partial charge on any atom is -0.493 e. The molecule has 3 rings (SSSR count). The van der Waals surface area contributed by atoms with Crippen molar-refractivity contribution in [3.8, 4) is 22.6 Å². The number of carbonyl (C=O) groups excluding carboxylic acids is 1. The maximum absolute atomic E-state index is 12.7. The fraction of sp³-hybridized carbons (Fsp3) is 0.231. The van der Waals surface area contributed by atoms with Gasteiger partial charge >= 0.3 is 6.16 Å². The Kier molecular flexibility index (Phi) is 9.19. The average Bonchev–Trinajstić information content (AvgIpc) is 2.80. The quantitative estimate of drug-likeness (QED) is 0.180. The highest BCUT2D eigenvalue weighted by Crippen LogP contribution is 2.31. The van der Waals surface area contributed by atoms with Gasteiger partial charge in [-0.2, -0.15) is 0 Å². The Balaban J connectivity index is 1.59. The fourth-order valence-corrected chi connectivity index (χ4v) is 3.74. The first-order valence-corrected chi connectivity index (χ1v) is 11.6. The molecule has 0 aliphatic carbocycles. The topological polar surface area (TPSA) is 84.9 Å². The van der Waals surface area contributed by atoms with Gasteiger partial charge in [0.05, 0.1) is 17.2 Å². The smallest absolute Gasteiger partial charge is 0.493 e. The summed E-state index contributed by atoms with van der Waals surface area (Å²) in [5.41, 5.74) is 3.10. The van der Waals surface area contributed by atoms with Gasteiger partial charge in [0.15, 0.2) is 0 Å². The molecule has 34 heavy (non-hydrogen) atoms. The molecular weight excluding hydrogens is 477 g/mol. The summed E-state index contributed by atoms with van der Waals surface area (Å²) < 4.78 is 10.4. The van der Waals surface area contributed by atoms with E-state index in [1.165, 1.54) is 6.07 Å². The van der Waals surface area contributed by atoms with Crippen LogP contribution in [-0.2, 0) is 6.42 Å². The highest BCUT2D eigenvalue weighted by atomic mass is 35.5. The number of benzene rings is 3. The van der Waals surface area contributed by atoms with Gasteiger partial charge in [0, 0.05) is 23.2 Å². The van der Waals surface area contributed by atoms with Gasteiger partial charge < -0.3 is 19.9 Å². The van der Waals surface area contributed by atoms with Crippen LogP contribution in [0.2, 0.25) is 10.0 Å². The second kappa shape index (κ2) is 12.3. The molecule has 0 radical (unpaired) electrons. The third-order valence-corrected chi connectivity index (χ3v) is 5.60. The Hall–Kier alpha value is -3.22. The molecular formula is C26H25Cl2NO5. The van der Waals surface area contributed by atoms with Crippen LogP contribution in [0.15, 0.2) is 60.7 Å². The van der Waals surface area contributed by atoms with Gasteiger partial charge in [-0.3, -0.25) is 4.79 Å². The maximum atomic E-state index is 12.7. The van der Waals surface area contributed by atoms with Crippen LogP contribution < -0.4 is 14.8 Å². The zero-order chi connectivity index (χ0) is 24.5. The zero-order valence-corrected chi connectivity index (χ0v) is 20.2. The molecule has 0 saturated heterocycles. The Morgan fingerprint density at radius 3 is 2.44 bits per heavy atom. The van der Waals surface area contributed by atoms with E-state index in [2.05, 4.69) is 17.0 Å². The van der Waals surface area contributed by atoms with Crippen molar-refractivity contribution >= 4 is 35.3 Å². The van der Waals surface area contributed by atoms with Crippen molar-refractivity contribution < 1.29 is 24.2 Å². The highest BCUT2D eigenvalue weighted by molar-refractivity contribution is 6.33. The average molecular weight is 502 g/mol. The monoisotopic (exact) mass is 501 g/mol. The second-order valence-electron chi connectivity index (χ2n) is 7.55. The molecule has 1 amide bonds. The molecule has 0 heterocycles. The van der Waals surface area contributed by atoms with Crippen LogP contribution in [0.25, 0.3) is 11.1 Å². The maximum Gasteiger partial charge on any atom is 0.511 e. The first-order valence-electron chi connectivity index (χ1n) is 10.9. The molecule has 0 atom stereocenters. The van der Waals surface area contributed by atoms with Crippen LogP contribution in [0.4, 0.5) is 4.79 Å². The number of ether oxygens (including phenoxy) is 2. The third kappa shape index (κ3) is 7.14. The summed E-state index contributed by atoms with van der Waals surface area (Å²) in [7, 11) is 0. The van der Waals surface area contributed by atoms with E-state index in [9.17, 15) is 9.59 Å². The zero-order valence-electron chi connectivity index (χ0n) is 18.6. The van der Waals surface area contributed by atoms with Crippen LogP contribution in [0.1, 0.15) is 35.7 Å². The molecule has 0 saturated carbocycles. The van der Waals surface area contributed by atoms with E-state index >= 15 is 0 Å². The standard InChI is InChI=1S/C26H25Cl2NO5/c1-2-3-14-33-24-11-8-19(27)15-22(24)25(30)29-13-12-17-4-6-18(7-5-17)21-10-9-20(16-23(21)28)34-26(31)32/h4-11,15-16H,2-3,12-14H2,1H3,(H,29,30)(H,31,32). The molecule has 0 aliphatic heterocycles. The largest absolute Gasteiger partial charge is 0.511 e. The minimum absolute atomic E-state index is 0.159. The number of halogens is 2. The summed E-state index contributed by atoms with van der Waals surface area (Å²) >= 11 is 12.4. The van der Waals surface area contributed by atoms with Crippen molar-refractivity contribution in [2.45, 2.75) is 26.2 Å². The van der Waals surface area contributed by atoms with E-state index in [1.807, 2.05) is 24.3 Å². The lowest BCUT2D eigenvalue weighted by Gasteiger charge is -2.12. The Labute approximate surface area is 208 Å². The van der Waals surface area contributed by atoms with Gasteiger partial charge in [0.1, 0.15) is 11.5 Å². The van der Waals surface area contributed by atoms with E-state index in [-0.39, 0.29) is 11.7 Å². The van der Waals surface area contributed by atoms with Crippen molar-refractivity contribution in [2.24, 2.45) is 0 Å². The van der Waals surface area contributed by atoms with Crippen LogP contribution >= 0.6 is 23.2 Å². The summed E-state index contributed by atoms with van der Waals surface area (Å²) in [4.78, 5) is 23.4. The normalized spacial score (nSPS) is 10.6. The second-order valence-corrected chi connectivity index (χ2v) is 8.40. The number of hydrogen-bond acceptors (Lipinski definition) is 4. The third-order valence-electron chi connectivity index (χ3n) is 5.05. The van der Waals surface area contributed by atoms with Gasteiger partial charge in [-0.1, -0.05) is 60.8 Å². The number of nitrogens with one attached hydrogen (secondary N) is 1. The number of carbonyl (C=O) groups is 2. The predicted molar refractivity (Wildman–Crippen MR) is 133 cm³/mol. The Bertz CT molecular complexity index is 1150. The minimum atomic E-state index is -1.39. The molecule has 0 aromatic heterocycles. The van der Waals surface area contributed by atoms with Crippen molar-refractivity contribution in [3.05, 3.63) is 81.8 Å². The van der Waals surface area contributed by atoms with Crippen LogP contribution in [0, 0.1) is 0 Å². The number of hydrogen-bond donors (Lipinski definition) is 2. The summed E-state index contributed by atoms with van der Waals surface area (Å²) in [6.07, 6.45) is 1.16. The van der Waals surface area contributed by atoms with Gasteiger partial charge in [0.25, 0.3) is 5.91 Å². The summed E-state index contributed by atoms with van der Waals surface area (Å²) in [6, 6.07) is 17.5. The molecule has 6 nitrogen and oxygen atoms in total. The lowest BCUT2D eigenvalue weighted by molar-refractivity contribution is 0.0949. The van der Waals surface area contributed by atoms with E-state index in [0.717, 1.165) is 29.5 Å². The van der Waals surface area contributed by atoms with Crippen molar-refractivity contribution in [1.29, 1.82) is 0 Å². The number of amides is 1. The SMILES string of the molecule is CCCCOc1ccc(Cl)cc1C(=O)NCCc1ccc(-c2ccc(OC(=O)O)cc2Cl)cc1. The lowest BCUT2D eigenvalue weighted by Crippen LogP contribution is -2.26. The lowest BCUT2D eigenvalue weighted by atomic mass is 10.0. The Morgan fingerprint density at radius 2 is 1.76 bits per heavy atom. The predicted octanol–water partition coefficient (Wildman–Crippen LogP) is 6.87. The van der Waals surface area contributed by atoms with E-state index in [4.69, 9.17) is 33.0 Å². The van der Waals surface area contributed by atoms with Gasteiger partial charge in [-0.15, -0.1) is 0 Å². The van der Waals surface area contributed by atoms with E-state index < -0.39 is 6.16 Å². The number of carboxylic acid groups (broad SMARTS) is 1. The van der Waals surface area contributed by atoms with Crippen LogP contribution in [0.3, 0.4) is 0 Å². The van der Waals surface area contributed by atoms with Crippen molar-refractivity contribution in [1.82, 2.24) is 5.32 Å². The fourth-order valence-electron chi connectivity index (χ4n) is 3.29. The summed E-state index contributed by atoms with van der Waals surface area (Å²) in [5, 5.41) is 12.5. The van der Waals surface area contributed by atoms with Gasteiger partial charge in [-0.05, 0) is 54.3 Å². The number of unbranched alkanes of at least 4 members (excludes halogenated alkanes) is 1. The van der Waals surface area contributed by atoms with Gasteiger partial charge in [-0.25, -0.2) is 4.79 Å². The Morgan fingerprint density at radius 1 is 1.00 bits per heavy atom. The molecule has 178 valence electrons. The highest BCUT2D eigenvalue weighted by Gasteiger charge is 2.13. The molecule has 3 aromatic rings. The molecule has 8 heteroatoms. The van der Waals surface area contributed by atoms with Crippen molar-refractivity contribution in [2.75, 3.05) is 13.2 Å². The summed E-state index contributed by atoms with van der Waals surface area (Å²) in [5.74, 6) is 0.449. The van der Waals surface area contributed by atoms with Gasteiger partial charge in [0.2, 0.25) is 0 Å². The summed E-state index contributed by atoms with van der Waals surface area (Å²) in [6.45, 7) is 3.07. The molecule has 2 N–H and O–H groups in total. The number of rotatable bonds is 10. The first-order chi connectivity index (χ1) is 16.4. The first kappa shape index (κ1) is 25.4. The van der Waals surface area contributed by atoms with E-state index in [1.54, 1.807) is 30.3 Å². The van der Waals surface area contributed by atoms with E-state index in [0.29, 0.717) is 40.9 Å². The molecule has 0 unspecified atom stereocenters. The molecule has 0 aliphatic rings. The molecule has 3 aromatic carbocycles. The molecule has 0 bridgehead atoms.